The van der Waals surface area contributed by atoms with Crippen LogP contribution in [0.15, 0.2) is 42.5 Å². The molecule has 2 aromatic carbocycles. The maximum atomic E-state index is 14.8. The molecule has 0 bridgehead atoms. The maximum Gasteiger partial charge on any atom is 0.264 e. The second-order valence-electron chi connectivity index (χ2n) is 9.96. The normalized spacial score (nSPS) is 23.3. The van der Waals surface area contributed by atoms with Crippen LogP contribution in [0.3, 0.4) is 0 Å². The predicted molar refractivity (Wildman–Crippen MR) is 139 cm³/mol. The highest BCUT2D eigenvalue weighted by molar-refractivity contribution is 7.67. The molecular formula is C27H40NO5P. The number of rotatable bonds is 9. The molecule has 0 spiro atoms. The topological polar surface area (TPSA) is 68.2 Å². The largest absolute Gasteiger partial charge is 0.497 e. The minimum absolute atomic E-state index is 0.193. The van der Waals surface area contributed by atoms with Crippen LogP contribution in [0.1, 0.15) is 51.4 Å². The minimum Gasteiger partial charge on any atom is -0.497 e. The number of hydrogen-bond donors (Lipinski definition) is 1. The lowest BCUT2D eigenvalue weighted by molar-refractivity contribution is 0.0425. The van der Waals surface area contributed by atoms with Gasteiger partial charge in [-0.25, -0.2) is 0 Å². The Labute approximate surface area is 204 Å². The highest BCUT2D eigenvalue weighted by Gasteiger charge is 2.43. The third-order valence-electron chi connectivity index (χ3n) is 7.02. The first-order chi connectivity index (χ1) is 16.1. The van der Waals surface area contributed by atoms with Crippen LogP contribution >= 0.6 is 7.37 Å². The number of nitrogens with zero attached hydrogens (tertiary/aromatic N) is 1. The van der Waals surface area contributed by atoms with Crippen molar-refractivity contribution in [3.63, 3.8) is 0 Å². The van der Waals surface area contributed by atoms with Crippen LogP contribution < -0.4 is 19.7 Å². The van der Waals surface area contributed by atoms with E-state index < -0.39 is 13.2 Å². The average Bonchev–Trinajstić information content (AvgIpc) is 2.82. The van der Waals surface area contributed by atoms with Gasteiger partial charge in [0, 0.05) is 36.7 Å². The van der Waals surface area contributed by atoms with Gasteiger partial charge in [-0.1, -0.05) is 27.2 Å². The number of aliphatic hydroxyl groups is 1. The Morgan fingerprint density at radius 1 is 1.03 bits per heavy atom. The van der Waals surface area contributed by atoms with E-state index in [1.807, 2.05) is 43.3 Å². The molecule has 0 saturated heterocycles. The van der Waals surface area contributed by atoms with Gasteiger partial charge in [-0.2, -0.15) is 0 Å². The van der Waals surface area contributed by atoms with E-state index in [4.69, 9.17) is 14.0 Å². The number of methoxy groups -OCH3 is 2. The molecule has 5 atom stereocenters. The summed E-state index contributed by atoms with van der Waals surface area (Å²) in [6.07, 6.45) is 2.81. The molecule has 1 N–H and O–H groups in total. The monoisotopic (exact) mass is 489 g/mol. The van der Waals surface area contributed by atoms with Crippen LogP contribution in [0.25, 0.3) is 0 Å². The van der Waals surface area contributed by atoms with Crippen LogP contribution in [0.5, 0.6) is 11.5 Å². The number of anilines is 1. The molecule has 6 nitrogen and oxygen atoms in total. The first-order valence-electron chi connectivity index (χ1n) is 12.1. The van der Waals surface area contributed by atoms with E-state index in [0.717, 1.165) is 24.9 Å². The molecule has 0 aliphatic heterocycles. The van der Waals surface area contributed by atoms with Crippen LogP contribution in [-0.4, -0.2) is 39.5 Å². The molecule has 1 aliphatic rings. The van der Waals surface area contributed by atoms with Crippen molar-refractivity contribution in [2.45, 2.75) is 52.0 Å². The molecule has 2 aromatic rings. The fourth-order valence-corrected chi connectivity index (χ4v) is 7.18. The van der Waals surface area contributed by atoms with Crippen LogP contribution in [0.4, 0.5) is 5.69 Å². The molecule has 0 aromatic heterocycles. The van der Waals surface area contributed by atoms with Gasteiger partial charge < -0.3 is 24.0 Å². The number of ether oxygens (including phenoxy) is 2. The fraction of sp³-hybridized carbons (Fsp3) is 0.556. The minimum atomic E-state index is -3.75. The molecule has 1 aliphatic carbocycles. The molecule has 3 rings (SSSR count). The van der Waals surface area contributed by atoms with Gasteiger partial charge >= 0.3 is 0 Å². The van der Waals surface area contributed by atoms with Crippen molar-refractivity contribution >= 4 is 18.4 Å². The summed E-state index contributed by atoms with van der Waals surface area (Å²) in [5.74, 6) is 0.809. The molecule has 1 fully saturated rings. The zero-order chi connectivity index (χ0) is 25.0. The molecule has 0 heterocycles. The highest BCUT2D eigenvalue weighted by atomic mass is 31.2. The molecule has 0 radical (unpaired) electrons. The van der Waals surface area contributed by atoms with Gasteiger partial charge in [-0.15, -0.1) is 0 Å². The third-order valence-corrected chi connectivity index (χ3v) is 9.54. The molecule has 188 valence electrons. The summed E-state index contributed by atoms with van der Waals surface area (Å²) in [4.78, 5) is 1.98. The van der Waals surface area contributed by atoms with Crippen LogP contribution in [0, 0.1) is 17.8 Å². The highest BCUT2D eigenvalue weighted by Crippen LogP contribution is 2.61. The maximum absolute atomic E-state index is 14.8. The summed E-state index contributed by atoms with van der Waals surface area (Å²) in [6.45, 7) is 6.60. The Kier molecular flexibility index (Phi) is 8.72. The smallest absolute Gasteiger partial charge is 0.264 e. The first kappa shape index (κ1) is 26.6. The molecule has 7 heteroatoms. The Balaban J connectivity index is 2.09. The van der Waals surface area contributed by atoms with Crippen molar-refractivity contribution in [3.05, 3.63) is 48.0 Å². The zero-order valence-electron chi connectivity index (χ0n) is 21.5. The summed E-state index contributed by atoms with van der Waals surface area (Å²) < 4.78 is 32.2. The van der Waals surface area contributed by atoms with Crippen LogP contribution in [-0.2, 0) is 9.09 Å². The first-order valence-corrected chi connectivity index (χ1v) is 13.8. The standard InChI is InChI=1S/C27H40NO5P/c1-18(2)23-14-8-19(3)16-26(23)33-34(30,22-12-9-20(10-13-22)28(4)5)27(29)24-15-11-21(31-6)17-25(24)32-7/h9-13,15,17-19,23,26-27,29H,8,14,16H2,1-7H3/t19-,23+,26-,27+,34+/m1/s1. The van der Waals surface area contributed by atoms with Gasteiger partial charge in [0.1, 0.15) is 11.5 Å². The molecular weight excluding hydrogens is 449 g/mol. The molecule has 0 unspecified atom stereocenters. The zero-order valence-corrected chi connectivity index (χ0v) is 22.4. The Hall–Kier alpha value is -2.01. The Morgan fingerprint density at radius 3 is 2.26 bits per heavy atom. The van der Waals surface area contributed by atoms with Crippen molar-refractivity contribution < 1.29 is 23.7 Å². The van der Waals surface area contributed by atoms with Crippen molar-refractivity contribution in [2.75, 3.05) is 33.2 Å². The molecule has 34 heavy (non-hydrogen) atoms. The van der Waals surface area contributed by atoms with Gasteiger partial charge in [0.05, 0.1) is 20.3 Å². The van der Waals surface area contributed by atoms with E-state index >= 15 is 0 Å². The Morgan fingerprint density at radius 2 is 1.71 bits per heavy atom. The van der Waals surface area contributed by atoms with E-state index in [0.29, 0.717) is 34.2 Å². The summed E-state index contributed by atoms with van der Waals surface area (Å²) >= 11 is 0. The van der Waals surface area contributed by atoms with E-state index in [1.54, 1.807) is 25.3 Å². The van der Waals surface area contributed by atoms with Gasteiger partial charge in [-0.3, -0.25) is 4.57 Å². The van der Waals surface area contributed by atoms with Crippen molar-refractivity contribution in [2.24, 2.45) is 17.8 Å². The SMILES string of the molecule is COc1ccc([C@@H](O)[P@@](=O)(O[C@@H]2C[C@H](C)CC[C@H]2C(C)C)c2ccc(N(C)C)cc2)c(OC)c1. The summed E-state index contributed by atoms with van der Waals surface area (Å²) in [5.41, 5.74) is 1.41. The van der Waals surface area contributed by atoms with E-state index in [9.17, 15) is 9.67 Å². The Bertz CT molecular complexity index is 991. The number of hydrogen-bond acceptors (Lipinski definition) is 6. The fourth-order valence-electron chi connectivity index (χ4n) is 4.87. The molecule has 0 amide bonds. The average molecular weight is 490 g/mol. The van der Waals surface area contributed by atoms with Crippen molar-refractivity contribution in [1.29, 1.82) is 0 Å². The number of aliphatic hydroxyl groups excluding tert-OH is 1. The lowest BCUT2D eigenvalue weighted by Crippen LogP contribution is -2.35. The van der Waals surface area contributed by atoms with E-state index in [1.165, 1.54) is 7.11 Å². The predicted octanol–water partition coefficient (Wildman–Crippen LogP) is 5.84. The second-order valence-corrected chi connectivity index (χ2v) is 12.4. The van der Waals surface area contributed by atoms with E-state index in [-0.39, 0.29) is 12.0 Å². The summed E-state index contributed by atoms with van der Waals surface area (Å²) in [6, 6.07) is 12.6. The van der Waals surface area contributed by atoms with Gasteiger partial charge in [0.15, 0.2) is 5.85 Å². The van der Waals surface area contributed by atoms with Crippen molar-refractivity contribution in [3.8, 4) is 11.5 Å². The second kappa shape index (κ2) is 11.2. The third kappa shape index (κ3) is 5.62. The summed E-state index contributed by atoms with van der Waals surface area (Å²) in [7, 11) is 3.26. The quantitative estimate of drug-likeness (QED) is 0.446. The van der Waals surface area contributed by atoms with Gasteiger partial charge in [0.25, 0.3) is 7.37 Å². The van der Waals surface area contributed by atoms with Gasteiger partial charge in [0.2, 0.25) is 0 Å². The van der Waals surface area contributed by atoms with E-state index in [2.05, 4.69) is 20.8 Å². The lowest BCUT2D eigenvalue weighted by Gasteiger charge is -2.40. The van der Waals surface area contributed by atoms with Crippen molar-refractivity contribution in [1.82, 2.24) is 0 Å². The van der Waals surface area contributed by atoms with Crippen LogP contribution in [0.2, 0.25) is 0 Å². The molecule has 1 saturated carbocycles. The summed E-state index contributed by atoms with van der Waals surface area (Å²) in [5, 5.41) is 12.2. The van der Waals surface area contributed by atoms with Gasteiger partial charge in [-0.05, 0) is 67.0 Å². The number of benzene rings is 2. The lowest BCUT2D eigenvalue weighted by atomic mass is 9.75.